The molecular formula is C15H11ClF3N3O3. The average Bonchev–Trinajstić information content (AvgIpc) is 2.52. The van der Waals surface area contributed by atoms with Gasteiger partial charge in [0.25, 0.3) is 11.6 Å². The van der Waals surface area contributed by atoms with Crippen molar-refractivity contribution < 1.29 is 22.9 Å². The third kappa shape index (κ3) is 4.24. The van der Waals surface area contributed by atoms with Crippen LogP contribution in [0.15, 0.2) is 30.5 Å². The number of nitrogens with one attached hydrogen (secondary N) is 1. The van der Waals surface area contributed by atoms with E-state index >= 15 is 0 Å². The Morgan fingerprint density at radius 2 is 2.08 bits per heavy atom. The van der Waals surface area contributed by atoms with Gasteiger partial charge in [-0.2, -0.15) is 13.2 Å². The predicted molar refractivity (Wildman–Crippen MR) is 83.3 cm³/mol. The van der Waals surface area contributed by atoms with Gasteiger partial charge in [-0.25, -0.2) is 0 Å². The number of pyridine rings is 1. The molecule has 0 unspecified atom stereocenters. The first-order valence-electron chi connectivity index (χ1n) is 6.85. The van der Waals surface area contributed by atoms with Crippen LogP contribution < -0.4 is 5.32 Å². The lowest BCUT2D eigenvalue weighted by atomic mass is 10.1. The molecule has 132 valence electrons. The largest absolute Gasteiger partial charge is 0.417 e. The van der Waals surface area contributed by atoms with Crippen molar-refractivity contribution in [2.24, 2.45) is 0 Å². The number of amides is 1. The number of benzene rings is 1. The van der Waals surface area contributed by atoms with E-state index in [-0.39, 0.29) is 28.5 Å². The van der Waals surface area contributed by atoms with Gasteiger partial charge in [0.05, 0.1) is 27.7 Å². The average molecular weight is 374 g/mol. The van der Waals surface area contributed by atoms with E-state index in [1.807, 2.05) is 0 Å². The highest BCUT2D eigenvalue weighted by atomic mass is 35.5. The fourth-order valence-electron chi connectivity index (χ4n) is 2.10. The lowest BCUT2D eigenvalue weighted by Gasteiger charge is -2.11. The molecule has 0 saturated carbocycles. The summed E-state index contributed by atoms with van der Waals surface area (Å²) in [6, 6.07) is 4.86. The summed E-state index contributed by atoms with van der Waals surface area (Å²) in [7, 11) is 0. The van der Waals surface area contributed by atoms with Crippen molar-refractivity contribution in [1.82, 2.24) is 10.3 Å². The van der Waals surface area contributed by atoms with Gasteiger partial charge in [-0.1, -0.05) is 23.7 Å². The highest BCUT2D eigenvalue weighted by Crippen LogP contribution is 2.31. The fraction of sp³-hybridized carbons (Fsp3) is 0.200. The molecule has 0 aliphatic carbocycles. The number of nitro benzene ring substituents is 1. The minimum absolute atomic E-state index is 0.0132. The maximum Gasteiger partial charge on any atom is 0.417 e. The van der Waals surface area contributed by atoms with Crippen molar-refractivity contribution in [3.05, 3.63) is 68.0 Å². The summed E-state index contributed by atoms with van der Waals surface area (Å²) in [5, 5.41) is 13.1. The van der Waals surface area contributed by atoms with Crippen molar-refractivity contribution in [1.29, 1.82) is 0 Å². The second-order valence-electron chi connectivity index (χ2n) is 5.06. The zero-order chi connectivity index (χ0) is 18.8. The molecule has 1 aromatic carbocycles. The molecule has 0 aliphatic heterocycles. The van der Waals surface area contributed by atoms with Crippen molar-refractivity contribution in [3.8, 4) is 0 Å². The second-order valence-corrected chi connectivity index (χ2v) is 5.47. The lowest BCUT2D eigenvalue weighted by Crippen LogP contribution is -2.25. The van der Waals surface area contributed by atoms with Crippen LogP contribution >= 0.6 is 11.6 Å². The number of aryl methyl sites for hydroxylation is 1. The Morgan fingerprint density at radius 3 is 2.64 bits per heavy atom. The van der Waals surface area contributed by atoms with Crippen molar-refractivity contribution in [2.75, 3.05) is 0 Å². The van der Waals surface area contributed by atoms with E-state index in [2.05, 4.69) is 10.3 Å². The molecule has 0 atom stereocenters. The van der Waals surface area contributed by atoms with E-state index in [9.17, 15) is 28.1 Å². The Hall–Kier alpha value is -2.68. The quantitative estimate of drug-likeness (QED) is 0.650. The topological polar surface area (TPSA) is 85.1 Å². The summed E-state index contributed by atoms with van der Waals surface area (Å²) in [5.74, 6) is -0.748. The van der Waals surface area contributed by atoms with E-state index in [4.69, 9.17) is 11.6 Å². The van der Waals surface area contributed by atoms with Gasteiger partial charge in [-0.15, -0.1) is 0 Å². The van der Waals surface area contributed by atoms with E-state index in [1.54, 1.807) is 0 Å². The summed E-state index contributed by atoms with van der Waals surface area (Å²) in [5.41, 5.74) is -1.11. The first-order chi connectivity index (χ1) is 11.6. The summed E-state index contributed by atoms with van der Waals surface area (Å²) < 4.78 is 37.7. The molecule has 2 aromatic rings. The van der Waals surface area contributed by atoms with Crippen LogP contribution in [-0.2, 0) is 12.7 Å². The first kappa shape index (κ1) is 18.7. The number of nitrogens with zero attached hydrogens (tertiary/aromatic N) is 2. The monoisotopic (exact) mass is 373 g/mol. The van der Waals surface area contributed by atoms with Crippen LogP contribution in [-0.4, -0.2) is 15.8 Å². The molecule has 0 aliphatic rings. The van der Waals surface area contributed by atoms with Crippen LogP contribution in [0, 0.1) is 17.0 Å². The number of halogens is 4. The van der Waals surface area contributed by atoms with Crippen molar-refractivity contribution >= 4 is 23.2 Å². The Balaban J connectivity index is 2.20. The number of carbonyl (C=O) groups excluding carboxylic acids is 1. The highest BCUT2D eigenvalue weighted by Gasteiger charge is 2.31. The smallest absolute Gasteiger partial charge is 0.346 e. The van der Waals surface area contributed by atoms with Gasteiger partial charge >= 0.3 is 6.18 Å². The van der Waals surface area contributed by atoms with E-state index in [0.717, 1.165) is 0 Å². The van der Waals surface area contributed by atoms with E-state index in [1.165, 1.54) is 25.1 Å². The molecule has 1 amide bonds. The lowest BCUT2D eigenvalue weighted by molar-refractivity contribution is -0.385. The minimum atomic E-state index is -4.58. The molecular weight excluding hydrogens is 363 g/mol. The van der Waals surface area contributed by atoms with E-state index < -0.39 is 22.6 Å². The zero-order valence-corrected chi connectivity index (χ0v) is 13.5. The number of rotatable bonds is 4. The van der Waals surface area contributed by atoms with Gasteiger partial charge in [0.15, 0.2) is 0 Å². The minimum Gasteiger partial charge on any atom is -0.346 e. The van der Waals surface area contributed by atoms with Crippen LogP contribution in [0.1, 0.15) is 27.2 Å². The Labute approximate surface area is 144 Å². The van der Waals surface area contributed by atoms with Gasteiger partial charge < -0.3 is 5.32 Å². The van der Waals surface area contributed by atoms with Crippen molar-refractivity contribution in [2.45, 2.75) is 19.6 Å². The number of hydrogen-bond acceptors (Lipinski definition) is 4. The molecule has 1 N–H and O–H groups in total. The van der Waals surface area contributed by atoms with Crippen LogP contribution in [0.4, 0.5) is 18.9 Å². The normalized spacial score (nSPS) is 11.2. The maximum atomic E-state index is 12.6. The van der Waals surface area contributed by atoms with Crippen molar-refractivity contribution in [3.63, 3.8) is 0 Å². The van der Waals surface area contributed by atoms with Gasteiger partial charge in [-0.05, 0) is 18.6 Å². The first-order valence-corrected chi connectivity index (χ1v) is 7.23. The molecule has 0 radical (unpaired) electrons. The highest BCUT2D eigenvalue weighted by molar-refractivity contribution is 6.31. The van der Waals surface area contributed by atoms with Crippen LogP contribution in [0.5, 0.6) is 0 Å². The van der Waals surface area contributed by atoms with Crippen LogP contribution in [0.2, 0.25) is 5.02 Å². The molecule has 0 fully saturated rings. The van der Waals surface area contributed by atoms with E-state index in [0.29, 0.717) is 17.8 Å². The summed E-state index contributed by atoms with van der Waals surface area (Å²) in [4.78, 5) is 26.2. The van der Waals surface area contributed by atoms with Gasteiger partial charge in [0.1, 0.15) is 5.56 Å². The molecule has 2 rings (SSSR count). The Morgan fingerprint density at radius 1 is 1.40 bits per heavy atom. The van der Waals surface area contributed by atoms with Gasteiger partial charge in [-0.3, -0.25) is 19.9 Å². The molecule has 0 bridgehead atoms. The van der Waals surface area contributed by atoms with Gasteiger partial charge in [0.2, 0.25) is 0 Å². The predicted octanol–water partition coefficient (Wildman–Crippen LogP) is 3.90. The van der Waals surface area contributed by atoms with Gasteiger partial charge in [0, 0.05) is 12.3 Å². The number of aromatic nitrogens is 1. The summed E-state index contributed by atoms with van der Waals surface area (Å²) in [6.07, 6.45) is -3.98. The Bertz CT molecular complexity index is 841. The van der Waals surface area contributed by atoms with Crippen LogP contribution in [0.3, 0.4) is 0 Å². The SMILES string of the molecule is Cc1cccc([N+](=O)[O-])c1C(=O)NCc1ncc(C(F)(F)F)cc1Cl. The molecule has 0 saturated heterocycles. The molecule has 25 heavy (non-hydrogen) atoms. The molecule has 0 spiro atoms. The summed E-state index contributed by atoms with van der Waals surface area (Å²) in [6.45, 7) is 1.26. The number of nitro groups is 1. The molecule has 6 nitrogen and oxygen atoms in total. The Kier molecular flexibility index (Phi) is 5.27. The molecule has 1 aromatic heterocycles. The maximum absolute atomic E-state index is 12.6. The molecule has 1 heterocycles. The number of carbonyl (C=O) groups is 1. The number of alkyl halides is 3. The molecule has 10 heteroatoms. The summed E-state index contributed by atoms with van der Waals surface area (Å²) >= 11 is 5.76. The standard InChI is InChI=1S/C15H11ClF3N3O3/c1-8-3-2-4-12(22(24)25)13(8)14(23)21-7-11-10(16)5-9(6-20-11)15(17,18)19/h2-6H,7H2,1H3,(H,21,23). The second kappa shape index (κ2) is 7.06. The zero-order valence-electron chi connectivity index (χ0n) is 12.7. The third-order valence-electron chi connectivity index (χ3n) is 3.34. The number of hydrogen-bond donors (Lipinski definition) is 1. The third-order valence-corrected chi connectivity index (χ3v) is 3.66. The van der Waals surface area contributed by atoms with Crippen LogP contribution in [0.25, 0.3) is 0 Å². The fourth-order valence-corrected chi connectivity index (χ4v) is 2.34.